The highest BCUT2D eigenvalue weighted by Crippen LogP contribution is 2.14. The summed E-state index contributed by atoms with van der Waals surface area (Å²) in [7, 11) is 1.64. The number of nitrogens with one attached hydrogen (secondary N) is 1. The molecule has 0 saturated carbocycles. The predicted molar refractivity (Wildman–Crippen MR) is 101 cm³/mol. The van der Waals surface area contributed by atoms with Gasteiger partial charge < -0.3 is 15.8 Å². The first-order chi connectivity index (χ1) is 11.7. The van der Waals surface area contributed by atoms with Crippen LogP contribution in [0, 0.1) is 0 Å². The summed E-state index contributed by atoms with van der Waals surface area (Å²) in [5.74, 6) is 0.881. The van der Waals surface area contributed by atoms with Crippen molar-refractivity contribution in [2.75, 3.05) is 13.7 Å². The fourth-order valence-corrected chi connectivity index (χ4v) is 2.40. The van der Waals surface area contributed by atoms with Gasteiger partial charge in [0.1, 0.15) is 5.75 Å². The van der Waals surface area contributed by atoms with E-state index in [4.69, 9.17) is 10.5 Å². The van der Waals surface area contributed by atoms with Crippen molar-refractivity contribution in [1.82, 2.24) is 15.1 Å². The molecule has 0 fully saturated rings. The van der Waals surface area contributed by atoms with Crippen molar-refractivity contribution in [2.45, 2.75) is 38.6 Å². The van der Waals surface area contributed by atoms with Crippen LogP contribution in [0.2, 0.25) is 0 Å². The second kappa shape index (κ2) is 11.5. The molecular formula is C18H27ClN4O2. The zero-order chi connectivity index (χ0) is 17.2. The Balaban J connectivity index is 0.00000312. The molecule has 0 radical (unpaired) electrons. The third kappa shape index (κ3) is 7.15. The molecule has 1 amide bonds. The Labute approximate surface area is 155 Å². The third-order valence-corrected chi connectivity index (χ3v) is 3.81. The lowest BCUT2D eigenvalue weighted by Gasteiger charge is -2.04. The monoisotopic (exact) mass is 366 g/mol. The number of carbonyl (C=O) groups excluding carboxylic acids is 1. The van der Waals surface area contributed by atoms with Crippen LogP contribution in [0.15, 0.2) is 36.5 Å². The average molecular weight is 367 g/mol. The SMILES string of the molecule is COc1ccc(-n2ccc(CNC(=O)CCCCCCN)n2)cc1.Cl. The first-order valence-corrected chi connectivity index (χ1v) is 8.38. The van der Waals surface area contributed by atoms with Crippen LogP contribution in [0.3, 0.4) is 0 Å². The second-order valence-electron chi connectivity index (χ2n) is 5.68. The van der Waals surface area contributed by atoms with E-state index in [0.717, 1.165) is 49.4 Å². The maximum absolute atomic E-state index is 11.8. The summed E-state index contributed by atoms with van der Waals surface area (Å²) in [6, 6.07) is 9.57. The van der Waals surface area contributed by atoms with E-state index < -0.39 is 0 Å². The summed E-state index contributed by atoms with van der Waals surface area (Å²) in [6.45, 7) is 1.17. The maximum Gasteiger partial charge on any atom is 0.220 e. The molecule has 3 N–H and O–H groups in total. The number of benzene rings is 1. The maximum atomic E-state index is 11.8. The third-order valence-electron chi connectivity index (χ3n) is 3.81. The van der Waals surface area contributed by atoms with Crippen LogP contribution in [0.1, 0.15) is 37.8 Å². The van der Waals surface area contributed by atoms with Crippen molar-refractivity contribution >= 4 is 18.3 Å². The largest absolute Gasteiger partial charge is 0.497 e. The van der Waals surface area contributed by atoms with Gasteiger partial charge in [-0.15, -0.1) is 12.4 Å². The van der Waals surface area contributed by atoms with Gasteiger partial charge in [0.05, 0.1) is 25.0 Å². The fourth-order valence-electron chi connectivity index (χ4n) is 2.40. The molecule has 0 atom stereocenters. The number of methoxy groups -OCH3 is 1. The molecule has 1 heterocycles. The van der Waals surface area contributed by atoms with E-state index in [2.05, 4.69) is 10.4 Å². The molecular weight excluding hydrogens is 340 g/mol. The van der Waals surface area contributed by atoms with E-state index in [1.807, 2.05) is 36.5 Å². The Kier molecular flexibility index (Phi) is 9.65. The smallest absolute Gasteiger partial charge is 0.220 e. The van der Waals surface area contributed by atoms with Crippen LogP contribution < -0.4 is 15.8 Å². The molecule has 1 aromatic heterocycles. The van der Waals surface area contributed by atoms with Crippen LogP contribution in [-0.4, -0.2) is 29.3 Å². The van der Waals surface area contributed by atoms with Gasteiger partial charge >= 0.3 is 0 Å². The van der Waals surface area contributed by atoms with E-state index in [0.29, 0.717) is 13.0 Å². The van der Waals surface area contributed by atoms with Gasteiger partial charge in [-0.05, 0) is 49.7 Å². The second-order valence-corrected chi connectivity index (χ2v) is 5.68. The van der Waals surface area contributed by atoms with Crippen molar-refractivity contribution in [3.8, 4) is 11.4 Å². The zero-order valence-corrected chi connectivity index (χ0v) is 15.4. The van der Waals surface area contributed by atoms with Crippen molar-refractivity contribution in [3.63, 3.8) is 0 Å². The summed E-state index contributed by atoms with van der Waals surface area (Å²) in [5.41, 5.74) is 7.23. The Morgan fingerprint density at radius 1 is 1.16 bits per heavy atom. The molecule has 1 aromatic carbocycles. The minimum absolute atomic E-state index is 0. The minimum Gasteiger partial charge on any atom is -0.497 e. The summed E-state index contributed by atoms with van der Waals surface area (Å²) < 4.78 is 6.93. The number of carbonyl (C=O) groups is 1. The number of nitrogens with zero attached hydrogens (tertiary/aromatic N) is 2. The number of hydrogen-bond acceptors (Lipinski definition) is 4. The van der Waals surface area contributed by atoms with Crippen LogP contribution in [0.4, 0.5) is 0 Å². The topological polar surface area (TPSA) is 82.2 Å². The van der Waals surface area contributed by atoms with Gasteiger partial charge in [0.2, 0.25) is 5.91 Å². The molecule has 0 unspecified atom stereocenters. The highest BCUT2D eigenvalue weighted by Gasteiger charge is 2.05. The van der Waals surface area contributed by atoms with Crippen molar-refractivity contribution < 1.29 is 9.53 Å². The summed E-state index contributed by atoms with van der Waals surface area (Å²) in [4.78, 5) is 11.8. The number of unbranched alkanes of at least 4 members (excludes halogenated alkanes) is 3. The van der Waals surface area contributed by atoms with E-state index in [1.165, 1.54) is 0 Å². The van der Waals surface area contributed by atoms with E-state index >= 15 is 0 Å². The molecule has 0 aliphatic heterocycles. The number of hydrogen-bond donors (Lipinski definition) is 2. The number of aromatic nitrogens is 2. The highest BCUT2D eigenvalue weighted by atomic mass is 35.5. The van der Waals surface area contributed by atoms with Gasteiger partial charge in [-0.2, -0.15) is 5.10 Å². The van der Waals surface area contributed by atoms with Crippen LogP contribution in [-0.2, 0) is 11.3 Å². The molecule has 0 spiro atoms. The first-order valence-electron chi connectivity index (χ1n) is 8.38. The summed E-state index contributed by atoms with van der Waals surface area (Å²) in [6.07, 6.45) is 6.53. The molecule has 2 rings (SSSR count). The van der Waals surface area contributed by atoms with Crippen LogP contribution in [0.5, 0.6) is 5.75 Å². The Morgan fingerprint density at radius 2 is 1.88 bits per heavy atom. The number of amides is 1. The average Bonchev–Trinajstić information content (AvgIpc) is 3.09. The molecule has 0 bridgehead atoms. The zero-order valence-electron chi connectivity index (χ0n) is 14.6. The summed E-state index contributed by atoms with van der Waals surface area (Å²) >= 11 is 0. The Hall–Kier alpha value is -2.05. The molecule has 0 aliphatic carbocycles. The van der Waals surface area contributed by atoms with Gasteiger partial charge in [0, 0.05) is 12.6 Å². The Morgan fingerprint density at radius 3 is 2.56 bits per heavy atom. The molecule has 138 valence electrons. The molecule has 0 saturated heterocycles. The molecule has 6 nitrogen and oxygen atoms in total. The Bertz CT molecular complexity index is 628. The van der Waals surface area contributed by atoms with Crippen molar-refractivity contribution in [1.29, 1.82) is 0 Å². The van der Waals surface area contributed by atoms with Gasteiger partial charge in [-0.1, -0.05) is 12.8 Å². The predicted octanol–water partition coefficient (Wildman–Crippen LogP) is 2.83. The lowest BCUT2D eigenvalue weighted by atomic mass is 10.1. The van der Waals surface area contributed by atoms with Gasteiger partial charge in [-0.3, -0.25) is 4.79 Å². The van der Waals surface area contributed by atoms with E-state index in [-0.39, 0.29) is 18.3 Å². The quantitative estimate of drug-likeness (QED) is 0.633. The number of halogens is 1. The molecule has 7 heteroatoms. The summed E-state index contributed by atoms with van der Waals surface area (Å²) in [5, 5.41) is 7.39. The first kappa shape index (κ1) is 21.0. The van der Waals surface area contributed by atoms with E-state index in [9.17, 15) is 4.79 Å². The van der Waals surface area contributed by atoms with E-state index in [1.54, 1.807) is 11.8 Å². The van der Waals surface area contributed by atoms with Crippen LogP contribution >= 0.6 is 12.4 Å². The molecule has 25 heavy (non-hydrogen) atoms. The van der Waals surface area contributed by atoms with Crippen molar-refractivity contribution in [3.05, 3.63) is 42.2 Å². The standard InChI is InChI=1S/C18H26N4O2.ClH/c1-24-17-9-7-16(8-10-17)22-13-11-15(21-22)14-20-18(23)6-4-2-3-5-12-19;/h7-11,13H,2-6,12,14,19H2,1H3,(H,20,23);1H. The molecule has 0 aliphatic rings. The lowest BCUT2D eigenvalue weighted by molar-refractivity contribution is -0.121. The van der Waals surface area contributed by atoms with Crippen molar-refractivity contribution in [2.24, 2.45) is 5.73 Å². The molecule has 2 aromatic rings. The minimum atomic E-state index is 0. The van der Waals surface area contributed by atoms with Gasteiger partial charge in [0.25, 0.3) is 0 Å². The number of nitrogens with two attached hydrogens (primary N) is 1. The lowest BCUT2D eigenvalue weighted by Crippen LogP contribution is -2.22. The fraction of sp³-hybridized carbons (Fsp3) is 0.444. The normalized spacial score (nSPS) is 10.2. The highest BCUT2D eigenvalue weighted by molar-refractivity contribution is 5.85. The van der Waals surface area contributed by atoms with Gasteiger partial charge in [-0.25, -0.2) is 4.68 Å². The van der Waals surface area contributed by atoms with Crippen LogP contribution in [0.25, 0.3) is 5.69 Å². The number of ether oxygens (including phenoxy) is 1. The van der Waals surface area contributed by atoms with Gasteiger partial charge in [0.15, 0.2) is 0 Å². The number of rotatable bonds is 10.